The molecule has 3 N–H and O–H groups in total. The molecule has 1 aliphatic rings. The molecule has 0 aliphatic carbocycles. The molecular weight excluding hydrogens is 264 g/mol. The zero-order chi connectivity index (χ0) is 14.5. The van der Waals surface area contributed by atoms with Gasteiger partial charge in [-0.15, -0.1) is 0 Å². The summed E-state index contributed by atoms with van der Waals surface area (Å²) in [7, 11) is 0. The number of hydrogen-bond donors (Lipinski definition) is 2. The number of nitrogen functional groups attached to an aromatic ring is 1. The van der Waals surface area contributed by atoms with Gasteiger partial charge in [-0.25, -0.2) is 15.0 Å². The van der Waals surface area contributed by atoms with E-state index in [4.69, 9.17) is 5.73 Å². The fourth-order valence-electron chi connectivity index (χ4n) is 3.00. The average Bonchev–Trinajstić information content (AvgIpc) is 2.92. The predicted octanol–water partition coefficient (Wildman–Crippen LogP) is 2.13. The highest BCUT2D eigenvalue weighted by Crippen LogP contribution is 2.15. The first-order valence-electron chi connectivity index (χ1n) is 8.00. The number of H-pyrrole nitrogens is 1. The second-order valence-corrected chi connectivity index (χ2v) is 5.85. The van der Waals surface area contributed by atoms with Crippen molar-refractivity contribution < 1.29 is 0 Å². The Morgan fingerprint density at radius 2 is 1.95 bits per heavy atom. The summed E-state index contributed by atoms with van der Waals surface area (Å²) in [6.45, 7) is 3.83. The second-order valence-electron chi connectivity index (χ2n) is 5.85. The lowest BCUT2D eigenvalue weighted by molar-refractivity contribution is 0.224. The van der Waals surface area contributed by atoms with Crippen LogP contribution in [0.1, 0.15) is 44.3 Å². The quantitative estimate of drug-likeness (QED) is 0.796. The van der Waals surface area contributed by atoms with Crippen molar-refractivity contribution in [3.8, 4) is 0 Å². The van der Waals surface area contributed by atoms with Crippen molar-refractivity contribution in [2.24, 2.45) is 0 Å². The van der Waals surface area contributed by atoms with Gasteiger partial charge in [-0.2, -0.15) is 0 Å². The first-order chi connectivity index (χ1) is 10.3. The lowest BCUT2D eigenvalue weighted by Gasteiger charge is -2.26. The SMILES string of the molecule is Nc1ncnc2nc(CCCCCN3CCCCC3)[nH]c12. The molecule has 1 fully saturated rings. The summed E-state index contributed by atoms with van der Waals surface area (Å²) in [5.41, 5.74) is 7.24. The third-order valence-corrected chi connectivity index (χ3v) is 4.20. The van der Waals surface area contributed by atoms with Gasteiger partial charge in [0.1, 0.15) is 17.7 Å². The smallest absolute Gasteiger partial charge is 0.183 e. The van der Waals surface area contributed by atoms with Gasteiger partial charge in [0.05, 0.1) is 0 Å². The molecule has 6 nitrogen and oxygen atoms in total. The van der Waals surface area contributed by atoms with Crippen molar-refractivity contribution in [1.82, 2.24) is 24.8 Å². The highest BCUT2D eigenvalue weighted by molar-refractivity contribution is 5.80. The molecule has 0 unspecified atom stereocenters. The van der Waals surface area contributed by atoms with E-state index in [2.05, 4.69) is 24.8 Å². The van der Waals surface area contributed by atoms with Gasteiger partial charge in [0.25, 0.3) is 0 Å². The fraction of sp³-hybridized carbons (Fsp3) is 0.667. The van der Waals surface area contributed by atoms with Crippen molar-refractivity contribution in [1.29, 1.82) is 0 Å². The van der Waals surface area contributed by atoms with Gasteiger partial charge in [-0.05, 0) is 45.3 Å². The molecule has 1 saturated heterocycles. The monoisotopic (exact) mass is 288 g/mol. The fourth-order valence-corrected chi connectivity index (χ4v) is 3.00. The summed E-state index contributed by atoms with van der Waals surface area (Å²) in [5.74, 6) is 1.44. The van der Waals surface area contributed by atoms with Gasteiger partial charge < -0.3 is 15.6 Å². The molecule has 0 bridgehead atoms. The van der Waals surface area contributed by atoms with E-state index in [0.29, 0.717) is 11.5 Å². The first-order valence-corrected chi connectivity index (χ1v) is 8.00. The van der Waals surface area contributed by atoms with Gasteiger partial charge in [-0.1, -0.05) is 12.8 Å². The molecule has 0 atom stereocenters. The molecule has 0 aromatic carbocycles. The molecule has 0 radical (unpaired) electrons. The summed E-state index contributed by atoms with van der Waals surface area (Å²) in [6, 6.07) is 0. The highest BCUT2D eigenvalue weighted by atomic mass is 15.1. The molecule has 2 aromatic rings. The molecule has 0 spiro atoms. The van der Waals surface area contributed by atoms with Gasteiger partial charge in [-0.3, -0.25) is 0 Å². The number of aryl methyl sites for hydroxylation is 1. The van der Waals surface area contributed by atoms with E-state index >= 15 is 0 Å². The summed E-state index contributed by atoms with van der Waals surface area (Å²) in [6.07, 6.45) is 10.3. The third-order valence-electron chi connectivity index (χ3n) is 4.20. The van der Waals surface area contributed by atoms with E-state index in [-0.39, 0.29) is 0 Å². The summed E-state index contributed by atoms with van der Waals surface area (Å²) in [5, 5.41) is 0. The van der Waals surface area contributed by atoms with Crippen LogP contribution < -0.4 is 5.73 Å². The minimum Gasteiger partial charge on any atom is -0.382 e. The summed E-state index contributed by atoms with van der Waals surface area (Å²) >= 11 is 0. The minimum absolute atomic E-state index is 0.476. The standard InChI is InChI=1S/C15H24N6/c16-14-13-15(18-11-17-14)20-12(19-13)7-3-1-4-8-21-9-5-2-6-10-21/h11H,1-10H2,(H3,16,17,18,19,20). The summed E-state index contributed by atoms with van der Waals surface area (Å²) < 4.78 is 0. The number of likely N-dealkylation sites (tertiary alicyclic amines) is 1. The maximum absolute atomic E-state index is 5.80. The number of nitrogens with two attached hydrogens (primary N) is 1. The molecule has 0 amide bonds. The van der Waals surface area contributed by atoms with E-state index in [1.54, 1.807) is 0 Å². The normalized spacial score (nSPS) is 16.6. The number of fused-ring (bicyclic) bond motifs is 1. The molecule has 6 heteroatoms. The van der Waals surface area contributed by atoms with E-state index in [0.717, 1.165) is 24.2 Å². The number of aromatic amines is 1. The number of piperidine rings is 1. The molecular formula is C15H24N6. The molecule has 2 aromatic heterocycles. The van der Waals surface area contributed by atoms with Crippen LogP contribution in [0.15, 0.2) is 6.33 Å². The Hall–Kier alpha value is -1.69. The Balaban J connectivity index is 1.41. The minimum atomic E-state index is 0.476. The van der Waals surface area contributed by atoms with Gasteiger partial charge >= 0.3 is 0 Å². The number of rotatable bonds is 6. The molecule has 1 aliphatic heterocycles. The zero-order valence-electron chi connectivity index (χ0n) is 12.5. The Kier molecular flexibility index (Phi) is 4.65. The number of imidazole rings is 1. The number of hydrogen-bond acceptors (Lipinski definition) is 5. The first kappa shape index (κ1) is 14.3. The van der Waals surface area contributed by atoms with Crippen LogP contribution in [0.25, 0.3) is 11.2 Å². The van der Waals surface area contributed by atoms with Gasteiger partial charge in [0, 0.05) is 6.42 Å². The zero-order valence-corrected chi connectivity index (χ0v) is 12.5. The Morgan fingerprint density at radius 1 is 1.10 bits per heavy atom. The van der Waals surface area contributed by atoms with Crippen LogP contribution in [0.4, 0.5) is 5.82 Å². The Bertz CT molecular complexity index is 573. The number of nitrogens with one attached hydrogen (secondary N) is 1. The van der Waals surface area contributed by atoms with Crippen LogP contribution in [0.3, 0.4) is 0 Å². The van der Waals surface area contributed by atoms with Crippen molar-refractivity contribution in [2.75, 3.05) is 25.4 Å². The van der Waals surface area contributed by atoms with E-state index < -0.39 is 0 Å². The van der Waals surface area contributed by atoms with Crippen molar-refractivity contribution in [3.63, 3.8) is 0 Å². The number of aromatic nitrogens is 4. The molecule has 3 heterocycles. The number of nitrogens with zero attached hydrogens (tertiary/aromatic N) is 4. The topological polar surface area (TPSA) is 83.7 Å². The number of unbranched alkanes of at least 4 members (excludes halogenated alkanes) is 2. The van der Waals surface area contributed by atoms with Crippen LogP contribution >= 0.6 is 0 Å². The van der Waals surface area contributed by atoms with Crippen LogP contribution in [0, 0.1) is 0 Å². The predicted molar refractivity (Wildman–Crippen MR) is 83.9 cm³/mol. The van der Waals surface area contributed by atoms with Crippen molar-refractivity contribution in [2.45, 2.75) is 44.9 Å². The molecule has 0 saturated carbocycles. The Morgan fingerprint density at radius 3 is 2.76 bits per heavy atom. The van der Waals surface area contributed by atoms with Crippen LogP contribution in [0.5, 0.6) is 0 Å². The van der Waals surface area contributed by atoms with E-state index in [1.165, 1.54) is 58.1 Å². The largest absolute Gasteiger partial charge is 0.382 e. The lowest BCUT2D eigenvalue weighted by atomic mass is 10.1. The average molecular weight is 288 g/mol. The molecule has 3 rings (SSSR count). The van der Waals surface area contributed by atoms with Crippen molar-refractivity contribution in [3.05, 3.63) is 12.2 Å². The van der Waals surface area contributed by atoms with E-state index in [1.807, 2.05) is 0 Å². The van der Waals surface area contributed by atoms with E-state index in [9.17, 15) is 0 Å². The second kappa shape index (κ2) is 6.85. The van der Waals surface area contributed by atoms with Crippen LogP contribution in [-0.4, -0.2) is 44.5 Å². The van der Waals surface area contributed by atoms with Gasteiger partial charge in [0.15, 0.2) is 11.5 Å². The molecule has 114 valence electrons. The maximum Gasteiger partial charge on any atom is 0.183 e. The number of anilines is 1. The van der Waals surface area contributed by atoms with Crippen molar-refractivity contribution >= 4 is 17.0 Å². The molecule has 21 heavy (non-hydrogen) atoms. The Labute approximate surface area is 125 Å². The van der Waals surface area contributed by atoms with Gasteiger partial charge in [0.2, 0.25) is 0 Å². The lowest BCUT2D eigenvalue weighted by Crippen LogP contribution is -2.30. The van der Waals surface area contributed by atoms with Crippen LogP contribution in [-0.2, 0) is 6.42 Å². The highest BCUT2D eigenvalue weighted by Gasteiger charge is 2.09. The third kappa shape index (κ3) is 3.69. The van der Waals surface area contributed by atoms with Crippen LogP contribution in [0.2, 0.25) is 0 Å². The summed E-state index contributed by atoms with van der Waals surface area (Å²) in [4.78, 5) is 18.4. The maximum atomic E-state index is 5.80.